The second-order valence-corrected chi connectivity index (χ2v) is 5.41. The summed E-state index contributed by atoms with van der Waals surface area (Å²) in [6.45, 7) is 1.44. The number of halogens is 3. The maximum atomic E-state index is 13.7. The van der Waals surface area contributed by atoms with E-state index in [4.69, 9.17) is 11.6 Å². The van der Waals surface area contributed by atoms with Crippen molar-refractivity contribution in [3.63, 3.8) is 0 Å². The lowest BCUT2D eigenvalue weighted by Crippen LogP contribution is -2.30. The van der Waals surface area contributed by atoms with E-state index in [0.29, 0.717) is 4.47 Å². The first-order chi connectivity index (χ1) is 8.09. The van der Waals surface area contributed by atoms with E-state index in [2.05, 4.69) is 15.9 Å². The number of likely N-dealkylation sites (tertiary alicyclic amines) is 1. The predicted octanol–water partition coefficient (Wildman–Crippen LogP) is 3.49. The summed E-state index contributed by atoms with van der Waals surface area (Å²) in [5.41, 5.74) is 0.242. The van der Waals surface area contributed by atoms with Crippen LogP contribution in [0.15, 0.2) is 22.7 Å². The van der Waals surface area contributed by atoms with Gasteiger partial charge in [0.1, 0.15) is 11.2 Å². The van der Waals surface area contributed by atoms with E-state index >= 15 is 0 Å². The summed E-state index contributed by atoms with van der Waals surface area (Å²) in [4.78, 5) is 13.7. The van der Waals surface area contributed by atoms with Gasteiger partial charge in [-0.2, -0.15) is 0 Å². The number of benzene rings is 1. The summed E-state index contributed by atoms with van der Waals surface area (Å²) < 4.78 is 14.3. The molecule has 2 rings (SSSR count). The van der Waals surface area contributed by atoms with Crippen molar-refractivity contribution >= 4 is 33.4 Å². The molecule has 1 heterocycles. The van der Waals surface area contributed by atoms with Crippen molar-refractivity contribution in [2.75, 3.05) is 13.1 Å². The van der Waals surface area contributed by atoms with Gasteiger partial charge in [-0.3, -0.25) is 4.79 Å². The zero-order chi connectivity index (χ0) is 12.4. The van der Waals surface area contributed by atoms with Crippen LogP contribution in [-0.4, -0.2) is 23.9 Å². The largest absolute Gasteiger partial charge is 0.341 e. The Morgan fingerprint density at radius 2 is 2.06 bits per heavy atom. The van der Waals surface area contributed by atoms with Gasteiger partial charge in [0.05, 0.1) is 0 Å². The number of amides is 1. The number of carbonyl (C=O) groups is 1. The lowest BCUT2D eigenvalue weighted by molar-refractivity contribution is -0.129. The fourth-order valence-electron chi connectivity index (χ4n) is 1.94. The highest BCUT2D eigenvalue weighted by Crippen LogP contribution is 2.28. The standard InChI is InChI=1S/C12H12BrClFNO/c13-8-3-4-9(10(15)7-8)11(14)12(17)16-5-1-2-6-16/h3-4,7,11H,1-2,5-6H2. The Morgan fingerprint density at radius 3 is 2.65 bits per heavy atom. The second kappa shape index (κ2) is 5.36. The van der Waals surface area contributed by atoms with E-state index in [0.717, 1.165) is 25.9 Å². The number of nitrogens with zero attached hydrogens (tertiary/aromatic N) is 1. The minimum absolute atomic E-state index is 0.203. The molecule has 0 N–H and O–H groups in total. The van der Waals surface area contributed by atoms with Crippen molar-refractivity contribution < 1.29 is 9.18 Å². The summed E-state index contributed by atoms with van der Waals surface area (Å²) in [5, 5.41) is -0.929. The van der Waals surface area contributed by atoms with Crippen molar-refractivity contribution in [1.29, 1.82) is 0 Å². The highest BCUT2D eigenvalue weighted by atomic mass is 79.9. The van der Waals surface area contributed by atoms with Gasteiger partial charge < -0.3 is 4.90 Å². The van der Waals surface area contributed by atoms with Gasteiger partial charge in [-0.05, 0) is 25.0 Å². The van der Waals surface area contributed by atoms with Crippen LogP contribution in [0, 0.1) is 5.82 Å². The van der Waals surface area contributed by atoms with Crippen molar-refractivity contribution in [3.05, 3.63) is 34.1 Å². The molecule has 1 aromatic rings. The SMILES string of the molecule is O=C(C(Cl)c1ccc(Br)cc1F)N1CCCC1. The lowest BCUT2D eigenvalue weighted by Gasteiger charge is -2.19. The molecular formula is C12H12BrClFNO. The van der Waals surface area contributed by atoms with Gasteiger partial charge in [0, 0.05) is 23.1 Å². The van der Waals surface area contributed by atoms with E-state index in [1.807, 2.05) is 0 Å². The number of rotatable bonds is 2. The minimum atomic E-state index is -0.929. The third-order valence-electron chi connectivity index (χ3n) is 2.87. The quantitative estimate of drug-likeness (QED) is 0.764. The first-order valence-corrected chi connectivity index (χ1v) is 6.70. The Kier molecular flexibility index (Phi) is 4.05. The molecule has 92 valence electrons. The van der Waals surface area contributed by atoms with Crippen molar-refractivity contribution in [2.45, 2.75) is 18.2 Å². The zero-order valence-electron chi connectivity index (χ0n) is 9.13. The Bertz CT molecular complexity index is 435. The summed E-state index contributed by atoms with van der Waals surface area (Å²) in [7, 11) is 0. The fraction of sp³-hybridized carbons (Fsp3) is 0.417. The molecule has 1 atom stereocenters. The molecule has 1 aromatic carbocycles. The molecule has 17 heavy (non-hydrogen) atoms. The van der Waals surface area contributed by atoms with Crippen LogP contribution in [0.1, 0.15) is 23.8 Å². The minimum Gasteiger partial charge on any atom is -0.341 e. The normalized spacial score (nSPS) is 17.2. The molecule has 5 heteroatoms. The Hall–Kier alpha value is -0.610. The van der Waals surface area contributed by atoms with Gasteiger partial charge in [-0.15, -0.1) is 11.6 Å². The van der Waals surface area contributed by atoms with E-state index in [1.54, 1.807) is 17.0 Å². The van der Waals surface area contributed by atoms with Crippen LogP contribution in [0.3, 0.4) is 0 Å². The van der Waals surface area contributed by atoms with E-state index in [-0.39, 0.29) is 11.5 Å². The van der Waals surface area contributed by atoms with Crippen LogP contribution in [0.25, 0.3) is 0 Å². The van der Waals surface area contributed by atoms with Gasteiger partial charge in [-0.25, -0.2) is 4.39 Å². The monoisotopic (exact) mass is 319 g/mol. The fourth-order valence-corrected chi connectivity index (χ4v) is 2.59. The predicted molar refractivity (Wildman–Crippen MR) is 68.5 cm³/mol. The van der Waals surface area contributed by atoms with Crippen molar-refractivity contribution in [1.82, 2.24) is 4.90 Å². The lowest BCUT2D eigenvalue weighted by atomic mass is 10.1. The van der Waals surface area contributed by atoms with Crippen LogP contribution in [0.5, 0.6) is 0 Å². The van der Waals surface area contributed by atoms with E-state index in [1.165, 1.54) is 6.07 Å². The average Bonchev–Trinajstić information content (AvgIpc) is 2.80. The van der Waals surface area contributed by atoms with Gasteiger partial charge in [0.25, 0.3) is 0 Å². The second-order valence-electron chi connectivity index (χ2n) is 4.06. The first-order valence-electron chi connectivity index (χ1n) is 5.47. The molecule has 0 bridgehead atoms. The number of carbonyl (C=O) groups excluding carboxylic acids is 1. The van der Waals surface area contributed by atoms with Gasteiger partial charge in [0.2, 0.25) is 5.91 Å². The van der Waals surface area contributed by atoms with Crippen LogP contribution in [0.2, 0.25) is 0 Å². The Labute approximate surface area is 113 Å². The van der Waals surface area contributed by atoms with Gasteiger partial charge in [0.15, 0.2) is 0 Å². The van der Waals surface area contributed by atoms with Crippen LogP contribution < -0.4 is 0 Å². The van der Waals surface area contributed by atoms with E-state index < -0.39 is 11.2 Å². The molecule has 1 unspecified atom stereocenters. The molecule has 2 nitrogen and oxygen atoms in total. The molecule has 0 radical (unpaired) electrons. The summed E-state index contributed by atoms with van der Waals surface area (Å²) in [6, 6.07) is 4.55. The Morgan fingerprint density at radius 1 is 1.41 bits per heavy atom. The van der Waals surface area contributed by atoms with E-state index in [9.17, 15) is 9.18 Å². The molecule has 1 amide bonds. The molecule has 0 aromatic heterocycles. The summed E-state index contributed by atoms with van der Waals surface area (Å²) in [5.74, 6) is -0.655. The molecule has 1 saturated heterocycles. The number of hydrogen-bond acceptors (Lipinski definition) is 1. The zero-order valence-corrected chi connectivity index (χ0v) is 11.5. The molecule has 0 saturated carbocycles. The Balaban J connectivity index is 2.18. The van der Waals surface area contributed by atoms with Crippen LogP contribution in [0.4, 0.5) is 4.39 Å². The highest BCUT2D eigenvalue weighted by Gasteiger charge is 2.27. The molecule has 0 spiro atoms. The summed E-state index contributed by atoms with van der Waals surface area (Å²) >= 11 is 9.22. The topological polar surface area (TPSA) is 20.3 Å². The summed E-state index contributed by atoms with van der Waals surface area (Å²) in [6.07, 6.45) is 2.00. The molecule has 1 aliphatic rings. The van der Waals surface area contributed by atoms with Gasteiger partial charge >= 0.3 is 0 Å². The van der Waals surface area contributed by atoms with Crippen LogP contribution >= 0.6 is 27.5 Å². The first kappa shape index (κ1) is 12.8. The third-order valence-corrected chi connectivity index (χ3v) is 3.79. The molecule has 1 fully saturated rings. The van der Waals surface area contributed by atoms with Gasteiger partial charge in [-0.1, -0.05) is 22.0 Å². The van der Waals surface area contributed by atoms with Crippen molar-refractivity contribution in [3.8, 4) is 0 Å². The molecule has 0 aliphatic carbocycles. The van der Waals surface area contributed by atoms with Crippen molar-refractivity contribution in [2.24, 2.45) is 0 Å². The molecular weight excluding hydrogens is 308 g/mol. The highest BCUT2D eigenvalue weighted by molar-refractivity contribution is 9.10. The average molecular weight is 321 g/mol. The smallest absolute Gasteiger partial charge is 0.245 e. The third kappa shape index (κ3) is 2.80. The maximum absolute atomic E-state index is 13.7. The number of hydrogen-bond donors (Lipinski definition) is 0. The molecule has 1 aliphatic heterocycles. The van der Waals surface area contributed by atoms with Crippen LogP contribution in [-0.2, 0) is 4.79 Å². The maximum Gasteiger partial charge on any atom is 0.245 e. The number of alkyl halides is 1.